The highest BCUT2D eigenvalue weighted by atomic mass is 32.1. The van der Waals surface area contributed by atoms with Crippen molar-refractivity contribution in [1.82, 2.24) is 9.97 Å². The molecular formula is C9H6F3N3S. The van der Waals surface area contributed by atoms with Gasteiger partial charge in [0, 0.05) is 6.07 Å². The minimum Gasteiger partial charge on any atom is -0.384 e. The Labute approximate surface area is 92.8 Å². The molecule has 16 heavy (non-hydrogen) atoms. The Morgan fingerprint density at radius 1 is 1.25 bits per heavy atom. The first-order valence-electron chi connectivity index (χ1n) is 4.22. The van der Waals surface area contributed by atoms with Gasteiger partial charge in [0.05, 0.1) is 10.6 Å². The summed E-state index contributed by atoms with van der Waals surface area (Å²) in [4.78, 5) is 7.23. The molecule has 0 fully saturated rings. The van der Waals surface area contributed by atoms with Crippen LogP contribution in [0.3, 0.4) is 0 Å². The van der Waals surface area contributed by atoms with Gasteiger partial charge < -0.3 is 5.73 Å². The molecule has 0 aliphatic heterocycles. The number of thiophene rings is 1. The quantitative estimate of drug-likeness (QED) is 0.840. The normalized spacial score (nSPS) is 11.7. The van der Waals surface area contributed by atoms with Gasteiger partial charge >= 0.3 is 6.18 Å². The van der Waals surface area contributed by atoms with Crippen LogP contribution < -0.4 is 5.73 Å². The maximum absolute atomic E-state index is 12.4. The summed E-state index contributed by atoms with van der Waals surface area (Å²) in [7, 11) is 0. The van der Waals surface area contributed by atoms with E-state index in [9.17, 15) is 13.2 Å². The third-order valence-electron chi connectivity index (χ3n) is 1.77. The SMILES string of the molecule is Nc1cc(-c2cccs2)nc(C(F)(F)F)n1. The number of aromatic nitrogens is 2. The van der Waals surface area contributed by atoms with Crippen molar-refractivity contribution in [3.8, 4) is 10.6 Å². The molecule has 0 spiro atoms. The second kappa shape index (κ2) is 3.75. The van der Waals surface area contributed by atoms with E-state index in [1.54, 1.807) is 17.5 Å². The van der Waals surface area contributed by atoms with Crippen LogP contribution in [-0.2, 0) is 6.18 Å². The molecule has 2 heterocycles. The highest BCUT2D eigenvalue weighted by Gasteiger charge is 2.35. The van der Waals surface area contributed by atoms with E-state index in [2.05, 4.69) is 9.97 Å². The Balaban J connectivity index is 2.53. The minimum atomic E-state index is -4.58. The summed E-state index contributed by atoms with van der Waals surface area (Å²) in [6.07, 6.45) is -4.58. The number of rotatable bonds is 1. The first-order chi connectivity index (χ1) is 7.47. The molecule has 0 atom stereocenters. The average molecular weight is 245 g/mol. The highest BCUT2D eigenvalue weighted by molar-refractivity contribution is 7.13. The molecule has 0 aromatic carbocycles. The second-order valence-corrected chi connectivity index (χ2v) is 3.92. The zero-order valence-corrected chi connectivity index (χ0v) is 8.64. The van der Waals surface area contributed by atoms with Crippen molar-refractivity contribution in [2.75, 3.05) is 5.73 Å². The van der Waals surface area contributed by atoms with Crippen molar-refractivity contribution in [1.29, 1.82) is 0 Å². The zero-order chi connectivity index (χ0) is 11.8. The standard InChI is InChI=1S/C9H6F3N3S/c10-9(11,12)8-14-5(4-7(13)15-8)6-2-1-3-16-6/h1-4H,(H2,13,14,15). The minimum absolute atomic E-state index is 0.189. The fraction of sp³-hybridized carbons (Fsp3) is 0.111. The number of alkyl halides is 3. The number of nitrogens with zero attached hydrogens (tertiary/aromatic N) is 2. The van der Waals surface area contributed by atoms with Crippen molar-refractivity contribution >= 4 is 17.2 Å². The summed E-state index contributed by atoms with van der Waals surface area (Å²) >= 11 is 1.29. The molecular weight excluding hydrogens is 239 g/mol. The average Bonchev–Trinajstić information content (AvgIpc) is 2.68. The largest absolute Gasteiger partial charge is 0.451 e. The molecule has 2 rings (SSSR count). The van der Waals surface area contributed by atoms with E-state index >= 15 is 0 Å². The predicted molar refractivity (Wildman–Crippen MR) is 54.8 cm³/mol. The summed E-state index contributed by atoms with van der Waals surface area (Å²) in [6.45, 7) is 0. The van der Waals surface area contributed by atoms with Crippen molar-refractivity contribution in [3.05, 3.63) is 29.4 Å². The van der Waals surface area contributed by atoms with Gasteiger partial charge in [0.15, 0.2) is 0 Å². The van der Waals surface area contributed by atoms with E-state index in [0.717, 1.165) is 0 Å². The molecule has 0 amide bonds. The van der Waals surface area contributed by atoms with Gasteiger partial charge in [-0.05, 0) is 11.4 Å². The summed E-state index contributed by atoms with van der Waals surface area (Å²) in [5, 5.41) is 1.75. The van der Waals surface area contributed by atoms with E-state index in [1.807, 2.05) is 0 Å². The van der Waals surface area contributed by atoms with Crippen molar-refractivity contribution in [2.45, 2.75) is 6.18 Å². The zero-order valence-electron chi connectivity index (χ0n) is 7.82. The Morgan fingerprint density at radius 3 is 2.56 bits per heavy atom. The second-order valence-electron chi connectivity index (χ2n) is 2.98. The van der Waals surface area contributed by atoms with Gasteiger partial charge in [-0.25, -0.2) is 9.97 Å². The van der Waals surface area contributed by atoms with Gasteiger partial charge in [-0.1, -0.05) is 6.07 Å². The van der Waals surface area contributed by atoms with Crippen LogP contribution >= 0.6 is 11.3 Å². The molecule has 0 unspecified atom stereocenters. The predicted octanol–water partition coefficient (Wildman–Crippen LogP) is 2.81. The number of nitrogens with two attached hydrogens (primary N) is 1. The molecule has 0 saturated carbocycles. The van der Waals surface area contributed by atoms with Crippen LogP contribution in [0, 0.1) is 0 Å². The van der Waals surface area contributed by atoms with Gasteiger partial charge in [0.1, 0.15) is 5.82 Å². The van der Waals surface area contributed by atoms with Crippen LogP contribution in [-0.4, -0.2) is 9.97 Å². The molecule has 0 aliphatic rings. The molecule has 0 bridgehead atoms. The number of anilines is 1. The number of hydrogen-bond acceptors (Lipinski definition) is 4. The summed E-state index contributed by atoms with van der Waals surface area (Å²) in [5.41, 5.74) is 5.51. The van der Waals surface area contributed by atoms with E-state index in [-0.39, 0.29) is 11.5 Å². The maximum atomic E-state index is 12.4. The van der Waals surface area contributed by atoms with Crippen LogP contribution in [0.4, 0.5) is 19.0 Å². The van der Waals surface area contributed by atoms with E-state index < -0.39 is 12.0 Å². The number of halogens is 3. The van der Waals surface area contributed by atoms with Crippen LogP contribution in [0.5, 0.6) is 0 Å². The van der Waals surface area contributed by atoms with Gasteiger partial charge in [-0.15, -0.1) is 11.3 Å². The van der Waals surface area contributed by atoms with Crippen LogP contribution in [0.15, 0.2) is 23.6 Å². The first-order valence-corrected chi connectivity index (χ1v) is 5.10. The molecule has 0 aliphatic carbocycles. The van der Waals surface area contributed by atoms with E-state index in [1.165, 1.54) is 17.4 Å². The number of nitrogen functional groups attached to an aromatic ring is 1. The van der Waals surface area contributed by atoms with Crippen molar-refractivity contribution < 1.29 is 13.2 Å². The topological polar surface area (TPSA) is 51.8 Å². The summed E-state index contributed by atoms with van der Waals surface area (Å²) < 4.78 is 37.2. The molecule has 2 aromatic rings. The maximum Gasteiger partial charge on any atom is 0.451 e. The lowest BCUT2D eigenvalue weighted by Crippen LogP contribution is -2.12. The molecule has 2 aromatic heterocycles. The lowest BCUT2D eigenvalue weighted by atomic mass is 10.3. The van der Waals surface area contributed by atoms with Crippen LogP contribution in [0.25, 0.3) is 10.6 Å². The number of hydrogen-bond donors (Lipinski definition) is 1. The van der Waals surface area contributed by atoms with Gasteiger partial charge in [0.25, 0.3) is 0 Å². The summed E-state index contributed by atoms with van der Waals surface area (Å²) in [5.74, 6) is -1.40. The van der Waals surface area contributed by atoms with Gasteiger partial charge in [-0.3, -0.25) is 0 Å². The van der Waals surface area contributed by atoms with Crippen molar-refractivity contribution in [2.24, 2.45) is 0 Å². The molecule has 7 heteroatoms. The Bertz CT molecular complexity index is 493. The van der Waals surface area contributed by atoms with E-state index in [0.29, 0.717) is 4.88 Å². The third-order valence-corrected chi connectivity index (χ3v) is 2.67. The highest BCUT2D eigenvalue weighted by Crippen LogP contribution is 2.30. The Morgan fingerprint density at radius 2 is 2.00 bits per heavy atom. The van der Waals surface area contributed by atoms with Crippen LogP contribution in [0.2, 0.25) is 0 Å². The molecule has 0 saturated heterocycles. The lowest BCUT2D eigenvalue weighted by Gasteiger charge is -2.07. The Kier molecular flexibility index (Phi) is 2.55. The van der Waals surface area contributed by atoms with Gasteiger partial charge in [-0.2, -0.15) is 13.2 Å². The Hall–Kier alpha value is -1.63. The molecule has 0 radical (unpaired) electrons. The first kappa shape index (κ1) is 10.9. The molecule has 3 nitrogen and oxygen atoms in total. The fourth-order valence-electron chi connectivity index (χ4n) is 1.14. The molecule has 2 N–H and O–H groups in total. The third kappa shape index (κ3) is 2.13. The smallest absolute Gasteiger partial charge is 0.384 e. The lowest BCUT2D eigenvalue weighted by molar-refractivity contribution is -0.144. The van der Waals surface area contributed by atoms with E-state index in [4.69, 9.17) is 5.73 Å². The molecule has 84 valence electrons. The fourth-order valence-corrected chi connectivity index (χ4v) is 1.83. The van der Waals surface area contributed by atoms with Gasteiger partial charge in [0.2, 0.25) is 5.82 Å². The monoisotopic (exact) mass is 245 g/mol. The van der Waals surface area contributed by atoms with Crippen LogP contribution in [0.1, 0.15) is 5.82 Å². The summed E-state index contributed by atoms with van der Waals surface area (Å²) in [6, 6.07) is 4.72. The van der Waals surface area contributed by atoms with Crippen molar-refractivity contribution in [3.63, 3.8) is 0 Å².